The normalized spacial score (nSPS) is 16.5. The second-order valence-electron chi connectivity index (χ2n) is 7.55. The van der Waals surface area contributed by atoms with Gasteiger partial charge in [0.2, 0.25) is 17.6 Å². The summed E-state index contributed by atoms with van der Waals surface area (Å²) in [5.74, 6) is 0.796. The minimum atomic E-state index is -0.452. The van der Waals surface area contributed by atoms with Crippen molar-refractivity contribution in [2.24, 2.45) is 0 Å². The van der Waals surface area contributed by atoms with Crippen molar-refractivity contribution >= 4 is 17.7 Å². The van der Waals surface area contributed by atoms with Crippen LogP contribution in [0.2, 0.25) is 0 Å². The smallest absolute Gasteiger partial charge is 0.269 e. The van der Waals surface area contributed by atoms with Crippen molar-refractivity contribution in [1.29, 1.82) is 0 Å². The molecule has 1 aliphatic heterocycles. The third-order valence-corrected chi connectivity index (χ3v) is 5.31. The Morgan fingerprint density at radius 3 is 2.77 bits per heavy atom. The molecule has 2 aromatic carbocycles. The molecule has 0 saturated carbocycles. The number of non-ortho nitro benzene ring substituents is 1. The van der Waals surface area contributed by atoms with E-state index in [1.807, 2.05) is 31.2 Å². The van der Waals surface area contributed by atoms with Gasteiger partial charge in [-0.3, -0.25) is 14.9 Å². The van der Waals surface area contributed by atoms with E-state index in [2.05, 4.69) is 10.1 Å². The van der Waals surface area contributed by atoms with Gasteiger partial charge in [0.1, 0.15) is 6.04 Å². The topological polar surface area (TPSA) is 102 Å². The number of aryl methyl sites for hydroxylation is 1. The third-order valence-electron chi connectivity index (χ3n) is 5.31. The monoisotopic (exact) mass is 418 g/mol. The molecule has 3 aromatic rings. The lowest BCUT2D eigenvalue weighted by Crippen LogP contribution is -2.37. The van der Waals surface area contributed by atoms with Crippen LogP contribution in [0.5, 0.6) is 0 Å². The molecule has 0 bridgehead atoms. The Bertz CT molecular complexity index is 1120. The number of carbonyl (C=O) groups is 1. The minimum Gasteiger partial charge on any atom is -0.337 e. The van der Waals surface area contributed by atoms with Gasteiger partial charge >= 0.3 is 0 Å². The second kappa shape index (κ2) is 8.91. The zero-order chi connectivity index (χ0) is 21.8. The zero-order valence-electron chi connectivity index (χ0n) is 17.1. The lowest BCUT2D eigenvalue weighted by atomic mass is 10.0. The maximum absolute atomic E-state index is 12.9. The second-order valence-corrected chi connectivity index (χ2v) is 7.55. The molecular formula is C23H22N4O4. The van der Waals surface area contributed by atoms with Crippen molar-refractivity contribution in [3.8, 4) is 11.4 Å². The van der Waals surface area contributed by atoms with Gasteiger partial charge in [0.05, 0.1) is 4.92 Å². The van der Waals surface area contributed by atoms with Gasteiger partial charge < -0.3 is 9.42 Å². The summed E-state index contributed by atoms with van der Waals surface area (Å²) in [5, 5.41) is 14.9. The number of rotatable bonds is 5. The maximum Gasteiger partial charge on any atom is 0.269 e. The third kappa shape index (κ3) is 4.69. The van der Waals surface area contributed by atoms with Crippen LogP contribution in [0.4, 0.5) is 5.69 Å². The fourth-order valence-corrected chi connectivity index (χ4v) is 3.69. The molecule has 0 spiro atoms. The highest BCUT2D eigenvalue weighted by atomic mass is 16.6. The largest absolute Gasteiger partial charge is 0.337 e. The number of carbonyl (C=O) groups excluding carboxylic acids is 1. The number of benzene rings is 2. The average molecular weight is 418 g/mol. The van der Waals surface area contributed by atoms with E-state index in [0.717, 1.165) is 30.4 Å². The number of hydrogen-bond donors (Lipinski definition) is 0. The Labute approximate surface area is 179 Å². The lowest BCUT2D eigenvalue weighted by molar-refractivity contribution is -0.384. The highest BCUT2D eigenvalue weighted by Gasteiger charge is 2.31. The molecule has 8 heteroatoms. The van der Waals surface area contributed by atoms with Gasteiger partial charge in [-0.2, -0.15) is 4.98 Å². The zero-order valence-corrected chi connectivity index (χ0v) is 17.1. The molecule has 158 valence electrons. The molecule has 8 nitrogen and oxygen atoms in total. The summed E-state index contributed by atoms with van der Waals surface area (Å²) in [6, 6.07) is 13.7. The molecule has 2 heterocycles. The first-order valence-corrected chi connectivity index (χ1v) is 10.1. The molecule has 1 saturated heterocycles. The molecule has 0 N–H and O–H groups in total. The van der Waals surface area contributed by atoms with Crippen LogP contribution in [0.3, 0.4) is 0 Å². The number of likely N-dealkylation sites (tertiary alicyclic amines) is 1. The molecule has 1 atom stereocenters. The van der Waals surface area contributed by atoms with E-state index in [4.69, 9.17) is 4.52 Å². The van der Waals surface area contributed by atoms with E-state index in [1.165, 1.54) is 18.2 Å². The van der Waals surface area contributed by atoms with Gasteiger partial charge in [-0.15, -0.1) is 0 Å². The number of aromatic nitrogens is 2. The van der Waals surface area contributed by atoms with Crippen molar-refractivity contribution in [1.82, 2.24) is 15.0 Å². The van der Waals surface area contributed by atoms with E-state index in [-0.39, 0.29) is 17.6 Å². The van der Waals surface area contributed by atoms with Crippen LogP contribution >= 0.6 is 0 Å². The molecule has 0 aliphatic carbocycles. The molecule has 1 unspecified atom stereocenters. The fraction of sp³-hybridized carbons (Fsp3) is 0.261. The quantitative estimate of drug-likeness (QED) is 0.337. The van der Waals surface area contributed by atoms with Crippen molar-refractivity contribution in [2.75, 3.05) is 6.54 Å². The predicted molar refractivity (Wildman–Crippen MR) is 115 cm³/mol. The Morgan fingerprint density at radius 2 is 2.03 bits per heavy atom. The Kier molecular flexibility index (Phi) is 5.88. The average Bonchev–Trinajstić information content (AvgIpc) is 3.28. The van der Waals surface area contributed by atoms with Crippen LogP contribution in [0, 0.1) is 17.0 Å². The summed E-state index contributed by atoms with van der Waals surface area (Å²) in [4.78, 5) is 29.5. The van der Waals surface area contributed by atoms with E-state index >= 15 is 0 Å². The van der Waals surface area contributed by atoms with Gasteiger partial charge in [0.25, 0.3) is 5.69 Å². The summed E-state index contributed by atoms with van der Waals surface area (Å²) in [6.07, 6.45) is 5.78. The number of hydrogen-bond acceptors (Lipinski definition) is 6. The first-order valence-electron chi connectivity index (χ1n) is 10.1. The number of nitrogens with zero attached hydrogens (tertiary/aromatic N) is 4. The molecular weight excluding hydrogens is 396 g/mol. The number of nitro benzene ring substituents is 1. The molecule has 0 radical (unpaired) electrons. The van der Waals surface area contributed by atoms with E-state index < -0.39 is 4.92 Å². The molecule has 1 aromatic heterocycles. The van der Waals surface area contributed by atoms with Crippen LogP contribution in [-0.4, -0.2) is 32.4 Å². The van der Waals surface area contributed by atoms with Gasteiger partial charge in [-0.1, -0.05) is 28.9 Å². The van der Waals surface area contributed by atoms with Crippen molar-refractivity contribution < 1.29 is 14.2 Å². The number of amides is 1. The highest BCUT2D eigenvalue weighted by Crippen LogP contribution is 2.31. The van der Waals surface area contributed by atoms with E-state index in [0.29, 0.717) is 23.8 Å². The van der Waals surface area contributed by atoms with Crippen LogP contribution in [0.25, 0.3) is 17.5 Å². The van der Waals surface area contributed by atoms with E-state index in [9.17, 15) is 14.9 Å². The predicted octanol–water partition coefficient (Wildman–Crippen LogP) is 4.72. The van der Waals surface area contributed by atoms with Crippen LogP contribution in [0.1, 0.15) is 42.3 Å². The molecule has 1 amide bonds. The standard InChI is InChI=1S/C23H22N4O4/c1-16-5-4-6-18(15-16)22-24-23(31-25-22)20-7-2-3-14-26(20)21(28)13-10-17-8-11-19(12-9-17)27(29)30/h4-6,8-13,15,20H,2-3,7,14H2,1H3/b13-10+. The molecule has 4 rings (SSSR count). The number of nitro groups is 1. The Balaban J connectivity index is 1.51. The maximum atomic E-state index is 12.9. The summed E-state index contributed by atoms with van der Waals surface area (Å²) < 4.78 is 5.53. The summed E-state index contributed by atoms with van der Waals surface area (Å²) in [6.45, 7) is 2.61. The van der Waals surface area contributed by atoms with Gasteiger partial charge in [-0.25, -0.2) is 0 Å². The Hall–Kier alpha value is -3.81. The van der Waals surface area contributed by atoms with Crippen molar-refractivity contribution in [2.45, 2.75) is 32.2 Å². The van der Waals surface area contributed by atoms with Crippen molar-refractivity contribution in [3.05, 3.63) is 81.7 Å². The fourth-order valence-electron chi connectivity index (χ4n) is 3.69. The van der Waals surface area contributed by atoms with Gasteiger partial charge in [-0.05, 0) is 56.0 Å². The van der Waals surface area contributed by atoms with Crippen LogP contribution < -0.4 is 0 Å². The minimum absolute atomic E-state index is 0.0142. The van der Waals surface area contributed by atoms with Gasteiger partial charge in [0.15, 0.2) is 0 Å². The van der Waals surface area contributed by atoms with Crippen molar-refractivity contribution in [3.63, 3.8) is 0 Å². The Morgan fingerprint density at radius 1 is 1.23 bits per heavy atom. The summed E-state index contributed by atoms with van der Waals surface area (Å²) in [5.41, 5.74) is 2.71. The lowest BCUT2D eigenvalue weighted by Gasteiger charge is -2.32. The van der Waals surface area contributed by atoms with E-state index in [1.54, 1.807) is 23.1 Å². The van der Waals surface area contributed by atoms with Crippen LogP contribution in [0.15, 0.2) is 59.1 Å². The SMILES string of the molecule is Cc1cccc(-c2noc(C3CCCCN3C(=O)/C=C/c3ccc([N+](=O)[O-])cc3)n2)c1. The summed E-state index contributed by atoms with van der Waals surface area (Å²) >= 11 is 0. The summed E-state index contributed by atoms with van der Waals surface area (Å²) in [7, 11) is 0. The van der Waals surface area contributed by atoms with Gasteiger partial charge in [0, 0.05) is 30.3 Å². The number of piperidine rings is 1. The molecule has 31 heavy (non-hydrogen) atoms. The molecule has 1 aliphatic rings. The molecule has 1 fully saturated rings. The van der Waals surface area contributed by atoms with Crippen LogP contribution in [-0.2, 0) is 4.79 Å². The highest BCUT2D eigenvalue weighted by molar-refractivity contribution is 5.92. The first kappa shape index (κ1) is 20.5. The first-order chi connectivity index (χ1) is 15.0.